The number of anilines is 4. The second-order valence-corrected chi connectivity index (χ2v) is 10.9. The van der Waals surface area contributed by atoms with Crippen LogP contribution in [0.2, 0.25) is 0 Å². The lowest BCUT2D eigenvalue weighted by atomic mass is 9.92. The third-order valence-corrected chi connectivity index (χ3v) is 7.46. The van der Waals surface area contributed by atoms with E-state index in [1.807, 2.05) is 0 Å². The molecule has 2 aliphatic rings. The molecule has 1 aromatic heterocycles. The van der Waals surface area contributed by atoms with Gasteiger partial charge in [0.1, 0.15) is 17.5 Å². The maximum atomic E-state index is 13.2. The van der Waals surface area contributed by atoms with E-state index >= 15 is 0 Å². The number of halogens is 1. The summed E-state index contributed by atoms with van der Waals surface area (Å²) in [5.74, 6) is 3.31. The molecule has 0 aliphatic carbocycles. The SMILES string of the molecule is C[C@@H]1C[C@@H](C)CN(c2cc(N3CCN(c4ccccc4)CC3)nc(NC(=S)NCc3ccc(F)cc3)n2)C1. The van der Waals surface area contributed by atoms with Gasteiger partial charge in [-0.2, -0.15) is 9.97 Å². The lowest BCUT2D eigenvalue weighted by molar-refractivity contribution is 0.355. The molecule has 0 amide bonds. The van der Waals surface area contributed by atoms with Gasteiger partial charge in [-0.05, 0) is 60.3 Å². The fourth-order valence-electron chi connectivity index (χ4n) is 5.41. The third kappa shape index (κ3) is 6.69. The van der Waals surface area contributed by atoms with E-state index in [4.69, 9.17) is 22.2 Å². The Morgan fingerprint density at radius 2 is 1.47 bits per heavy atom. The van der Waals surface area contributed by atoms with Gasteiger partial charge in [-0.1, -0.05) is 44.2 Å². The number of hydrogen-bond donors (Lipinski definition) is 2. The number of piperidine rings is 1. The molecule has 2 saturated heterocycles. The molecule has 9 heteroatoms. The minimum absolute atomic E-state index is 0.252. The van der Waals surface area contributed by atoms with Gasteiger partial charge >= 0.3 is 0 Å². The highest BCUT2D eigenvalue weighted by Crippen LogP contribution is 2.29. The Kier molecular flexibility index (Phi) is 8.22. The number of hydrogen-bond acceptors (Lipinski definition) is 6. The summed E-state index contributed by atoms with van der Waals surface area (Å²) in [4.78, 5) is 16.9. The normalized spacial score (nSPS) is 19.8. The van der Waals surface area contributed by atoms with Crippen LogP contribution in [0.25, 0.3) is 0 Å². The summed E-state index contributed by atoms with van der Waals surface area (Å²) < 4.78 is 13.2. The van der Waals surface area contributed by atoms with E-state index in [0.29, 0.717) is 29.4 Å². The van der Waals surface area contributed by atoms with Crippen LogP contribution in [0.5, 0.6) is 0 Å². The van der Waals surface area contributed by atoms with E-state index < -0.39 is 0 Å². The number of nitrogens with zero attached hydrogens (tertiary/aromatic N) is 5. The van der Waals surface area contributed by atoms with Crippen LogP contribution in [0.3, 0.4) is 0 Å². The van der Waals surface area contributed by atoms with Gasteiger partial charge < -0.3 is 25.3 Å². The second-order valence-electron chi connectivity index (χ2n) is 10.5. The number of thiocarbonyl (C=S) groups is 1. The van der Waals surface area contributed by atoms with Crippen LogP contribution in [0.1, 0.15) is 25.8 Å². The standard InChI is InChI=1S/C29H36FN7S/c1-21-16-22(2)20-37(19-21)27-17-26(36-14-12-35(13-15-36)25-6-4-3-5-7-25)32-28(33-27)34-29(38)31-18-23-8-10-24(30)11-9-23/h3-11,17,21-22H,12-16,18-20H2,1-2H3,(H2,31,32,33,34,38)/t21-,22-/m1/s1. The lowest BCUT2D eigenvalue weighted by Gasteiger charge is -2.38. The average Bonchev–Trinajstić information content (AvgIpc) is 2.93. The average molecular weight is 534 g/mol. The van der Waals surface area contributed by atoms with E-state index in [9.17, 15) is 4.39 Å². The number of piperazine rings is 1. The molecule has 2 atom stereocenters. The molecule has 0 bridgehead atoms. The molecule has 0 saturated carbocycles. The van der Waals surface area contributed by atoms with Crippen molar-refractivity contribution in [3.63, 3.8) is 0 Å². The molecule has 7 nitrogen and oxygen atoms in total. The summed E-state index contributed by atoms with van der Waals surface area (Å²) in [6.07, 6.45) is 1.23. The number of nitrogens with one attached hydrogen (secondary N) is 2. The Bertz CT molecular complexity index is 1210. The molecule has 0 radical (unpaired) electrons. The molecule has 2 N–H and O–H groups in total. The van der Waals surface area contributed by atoms with Crippen molar-refractivity contribution in [2.75, 3.05) is 59.3 Å². The van der Waals surface area contributed by atoms with Crippen LogP contribution in [-0.4, -0.2) is 54.3 Å². The van der Waals surface area contributed by atoms with Crippen LogP contribution in [0.4, 0.5) is 27.7 Å². The van der Waals surface area contributed by atoms with Crippen molar-refractivity contribution in [2.45, 2.75) is 26.8 Å². The van der Waals surface area contributed by atoms with E-state index in [1.54, 1.807) is 12.1 Å². The highest BCUT2D eigenvalue weighted by atomic mass is 32.1. The van der Waals surface area contributed by atoms with Crippen LogP contribution in [0, 0.1) is 17.7 Å². The predicted molar refractivity (Wildman–Crippen MR) is 158 cm³/mol. The summed E-state index contributed by atoms with van der Waals surface area (Å²) in [5.41, 5.74) is 2.20. The zero-order chi connectivity index (χ0) is 26.5. The lowest BCUT2D eigenvalue weighted by Crippen LogP contribution is -2.47. The van der Waals surface area contributed by atoms with E-state index in [2.05, 4.69) is 75.6 Å². The summed E-state index contributed by atoms with van der Waals surface area (Å²) >= 11 is 5.56. The van der Waals surface area contributed by atoms with Crippen molar-refractivity contribution in [3.05, 3.63) is 72.0 Å². The van der Waals surface area contributed by atoms with Crippen molar-refractivity contribution in [1.29, 1.82) is 0 Å². The highest BCUT2D eigenvalue weighted by Gasteiger charge is 2.25. The minimum Gasteiger partial charge on any atom is -0.368 e. The van der Waals surface area contributed by atoms with Gasteiger partial charge in [0.25, 0.3) is 0 Å². The number of para-hydroxylation sites is 1. The smallest absolute Gasteiger partial charge is 0.232 e. The largest absolute Gasteiger partial charge is 0.368 e. The predicted octanol–water partition coefficient (Wildman–Crippen LogP) is 4.91. The molecular formula is C29H36FN7S. The first kappa shape index (κ1) is 26.2. The Hall–Kier alpha value is -3.46. The first-order valence-corrected chi connectivity index (χ1v) is 13.8. The van der Waals surface area contributed by atoms with Gasteiger partial charge in [-0.15, -0.1) is 0 Å². The van der Waals surface area contributed by atoms with Gasteiger partial charge in [0.15, 0.2) is 5.11 Å². The second kappa shape index (κ2) is 11.9. The summed E-state index contributed by atoms with van der Waals surface area (Å²) in [7, 11) is 0. The number of aromatic nitrogens is 2. The Labute approximate surface area is 230 Å². The monoisotopic (exact) mass is 533 g/mol. The summed E-state index contributed by atoms with van der Waals surface area (Å²) in [5, 5.41) is 6.82. The Morgan fingerprint density at radius 3 is 2.13 bits per heavy atom. The fraction of sp³-hybridized carbons (Fsp3) is 0.414. The van der Waals surface area contributed by atoms with Crippen LogP contribution < -0.4 is 25.3 Å². The van der Waals surface area contributed by atoms with Gasteiger partial charge in [0, 0.05) is 57.6 Å². The molecule has 200 valence electrons. The Balaban J connectivity index is 1.31. The summed E-state index contributed by atoms with van der Waals surface area (Å²) in [6, 6.07) is 19.1. The van der Waals surface area contributed by atoms with Crippen molar-refractivity contribution in [2.24, 2.45) is 11.8 Å². The maximum Gasteiger partial charge on any atom is 0.232 e. The van der Waals surface area contributed by atoms with Gasteiger partial charge in [0.05, 0.1) is 0 Å². The van der Waals surface area contributed by atoms with Gasteiger partial charge in [-0.25, -0.2) is 4.39 Å². The van der Waals surface area contributed by atoms with E-state index in [0.717, 1.165) is 56.5 Å². The molecule has 38 heavy (non-hydrogen) atoms. The first-order chi connectivity index (χ1) is 18.4. The Morgan fingerprint density at radius 1 is 0.868 bits per heavy atom. The number of benzene rings is 2. The first-order valence-electron chi connectivity index (χ1n) is 13.4. The van der Waals surface area contributed by atoms with Crippen LogP contribution >= 0.6 is 12.2 Å². The van der Waals surface area contributed by atoms with Crippen molar-refractivity contribution in [3.8, 4) is 0 Å². The molecule has 5 rings (SSSR count). The fourth-order valence-corrected chi connectivity index (χ4v) is 5.58. The van der Waals surface area contributed by atoms with Gasteiger partial charge in [0.2, 0.25) is 5.95 Å². The van der Waals surface area contributed by atoms with Crippen molar-refractivity contribution < 1.29 is 4.39 Å². The number of rotatable bonds is 6. The zero-order valence-corrected chi connectivity index (χ0v) is 22.9. The zero-order valence-electron chi connectivity index (χ0n) is 22.1. The van der Waals surface area contributed by atoms with E-state index in [-0.39, 0.29) is 5.82 Å². The highest BCUT2D eigenvalue weighted by molar-refractivity contribution is 7.80. The molecule has 0 spiro atoms. The maximum absolute atomic E-state index is 13.2. The molecule has 3 aromatic rings. The molecular weight excluding hydrogens is 497 g/mol. The van der Waals surface area contributed by atoms with Crippen molar-refractivity contribution >= 4 is 40.6 Å². The quantitative estimate of drug-likeness (QED) is 0.434. The van der Waals surface area contributed by atoms with Crippen LogP contribution in [0.15, 0.2) is 60.7 Å². The van der Waals surface area contributed by atoms with Crippen LogP contribution in [-0.2, 0) is 6.54 Å². The van der Waals surface area contributed by atoms with E-state index in [1.165, 1.54) is 24.2 Å². The minimum atomic E-state index is -0.252. The molecule has 2 aliphatic heterocycles. The topological polar surface area (TPSA) is 59.6 Å². The molecule has 0 unspecified atom stereocenters. The van der Waals surface area contributed by atoms with Gasteiger partial charge in [-0.3, -0.25) is 0 Å². The molecule has 2 aromatic carbocycles. The van der Waals surface area contributed by atoms with Crippen molar-refractivity contribution in [1.82, 2.24) is 15.3 Å². The summed E-state index contributed by atoms with van der Waals surface area (Å²) in [6.45, 7) is 10.7. The molecule has 2 fully saturated rings. The molecule has 3 heterocycles. The third-order valence-electron chi connectivity index (χ3n) is 7.21.